The number of rotatable bonds is 1. The van der Waals surface area contributed by atoms with Crippen LogP contribution in [0.4, 0.5) is 4.79 Å². The maximum absolute atomic E-state index is 12.5. The number of nitrogens with zero attached hydrogens (tertiary/aromatic N) is 2. The zero-order valence-corrected chi connectivity index (χ0v) is 14.7. The van der Waals surface area contributed by atoms with E-state index in [1.165, 1.54) is 5.56 Å². The average molecular weight is 330 g/mol. The number of amides is 2. The molecule has 2 amide bonds. The predicted molar refractivity (Wildman–Crippen MR) is 91.5 cm³/mol. The molecule has 0 atom stereocenters. The Kier molecular flexibility index (Phi) is 4.52. The fourth-order valence-electron chi connectivity index (χ4n) is 3.44. The highest BCUT2D eigenvalue weighted by Gasteiger charge is 2.33. The number of benzene rings is 1. The van der Waals surface area contributed by atoms with E-state index in [0.29, 0.717) is 26.1 Å². The third-order valence-electron chi connectivity index (χ3n) is 4.68. The number of fused-ring (bicyclic) bond motifs is 1. The molecule has 1 aromatic rings. The Balaban J connectivity index is 1.59. The normalized spacial score (nSPS) is 19.2. The largest absolute Gasteiger partial charge is 0.444 e. The molecule has 0 N–H and O–H groups in total. The number of piperidine rings is 1. The fourth-order valence-corrected chi connectivity index (χ4v) is 3.44. The van der Waals surface area contributed by atoms with Gasteiger partial charge in [0, 0.05) is 25.7 Å². The molecular formula is C19H26N2O3. The number of carbonyl (C=O) groups excluding carboxylic acids is 2. The Bertz CT molecular complexity index is 628. The second-order valence-electron chi connectivity index (χ2n) is 7.67. The molecule has 0 unspecified atom stereocenters. The molecule has 2 aliphatic heterocycles. The van der Waals surface area contributed by atoms with Crippen LogP contribution in [-0.4, -0.2) is 46.5 Å². The molecule has 1 aromatic carbocycles. The molecule has 0 bridgehead atoms. The molecule has 0 saturated carbocycles. The van der Waals surface area contributed by atoms with E-state index in [2.05, 4.69) is 6.07 Å². The molecule has 5 heteroatoms. The van der Waals surface area contributed by atoms with E-state index in [-0.39, 0.29) is 18.0 Å². The fraction of sp³-hybridized carbons (Fsp3) is 0.579. The van der Waals surface area contributed by atoms with Crippen molar-refractivity contribution in [2.45, 2.75) is 58.2 Å². The van der Waals surface area contributed by atoms with E-state index in [4.69, 9.17) is 4.74 Å². The number of hydrogen-bond acceptors (Lipinski definition) is 3. The van der Waals surface area contributed by atoms with Gasteiger partial charge in [0.25, 0.3) is 0 Å². The first kappa shape index (κ1) is 16.8. The average Bonchev–Trinajstić information content (AvgIpc) is 2.53. The molecule has 2 heterocycles. The Morgan fingerprint density at radius 1 is 1.12 bits per heavy atom. The molecule has 0 radical (unpaired) electrons. The van der Waals surface area contributed by atoms with Crippen LogP contribution in [0.5, 0.6) is 0 Å². The van der Waals surface area contributed by atoms with Gasteiger partial charge < -0.3 is 14.5 Å². The lowest BCUT2D eigenvalue weighted by Crippen LogP contribution is -2.50. The molecule has 5 nitrogen and oxygen atoms in total. The van der Waals surface area contributed by atoms with Crippen molar-refractivity contribution < 1.29 is 14.3 Å². The topological polar surface area (TPSA) is 49.9 Å². The third kappa shape index (κ3) is 3.71. The van der Waals surface area contributed by atoms with Gasteiger partial charge in [-0.1, -0.05) is 24.3 Å². The number of hydrogen-bond donors (Lipinski definition) is 0. The highest BCUT2D eigenvalue weighted by molar-refractivity contribution is 5.81. The molecule has 130 valence electrons. The van der Waals surface area contributed by atoms with Crippen molar-refractivity contribution in [3.8, 4) is 0 Å². The third-order valence-corrected chi connectivity index (χ3v) is 4.68. The SMILES string of the molecule is CC(C)(C)OC(=O)N1CCC(N2Cc3ccccc3CC2=O)CC1. The van der Waals surface area contributed by atoms with Crippen molar-refractivity contribution in [2.24, 2.45) is 0 Å². The molecule has 3 rings (SSSR count). The van der Waals surface area contributed by atoms with E-state index in [1.807, 2.05) is 43.9 Å². The van der Waals surface area contributed by atoms with Gasteiger partial charge in [-0.3, -0.25) is 4.79 Å². The van der Waals surface area contributed by atoms with Gasteiger partial charge in [0.2, 0.25) is 5.91 Å². The van der Waals surface area contributed by atoms with Gasteiger partial charge in [-0.25, -0.2) is 4.79 Å². The standard InChI is InChI=1S/C19H26N2O3/c1-19(2,3)24-18(23)20-10-8-16(9-11-20)21-13-15-7-5-4-6-14(15)12-17(21)22/h4-7,16H,8-13H2,1-3H3. The van der Waals surface area contributed by atoms with E-state index >= 15 is 0 Å². The summed E-state index contributed by atoms with van der Waals surface area (Å²) in [5.74, 6) is 0.199. The van der Waals surface area contributed by atoms with Gasteiger partial charge in [0.1, 0.15) is 5.60 Å². The number of ether oxygens (including phenoxy) is 1. The Labute approximate surface area is 143 Å². The summed E-state index contributed by atoms with van der Waals surface area (Å²) in [6, 6.07) is 8.36. The zero-order chi connectivity index (χ0) is 17.3. The predicted octanol–water partition coefficient (Wildman–Crippen LogP) is 2.97. The first-order valence-corrected chi connectivity index (χ1v) is 8.68. The maximum Gasteiger partial charge on any atom is 0.410 e. The molecule has 1 fully saturated rings. The summed E-state index contributed by atoms with van der Waals surface area (Å²) in [6.07, 6.45) is 1.86. The summed E-state index contributed by atoms with van der Waals surface area (Å²) in [6.45, 7) is 7.60. The van der Waals surface area contributed by atoms with Crippen LogP contribution < -0.4 is 0 Å². The quantitative estimate of drug-likeness (QED) is 0.795. The maximum atomic E-state index is 12.5. The summed E-state index contributed by atoms with van der Waals surface area (Å²) < 4.78 is 5.43. The second kappa shape index (κ2) is 6.46. The molecule has 0 aromatic heterocycles. The molecule has 0 spiro atoms. The number of carbonyl (C=O) groups is 2. The molecule has 1 saturated heterocycles. The lowest BCUT2D eigenvalue weighted by Gasteiger charge is -2.40. The minimum Gasteiger partial charge on any atom is -0.444 e. The van der Waals surface area contributed by atoms with Crippen LogP contribution in [0.3, 0.4) is 0 Å². The molecular weight excluding hydrogens is 304 g/mol. The highest BCUT2D eigenvalue weighted by atomic mass is 16.6. The van der Waals surface area contributed by atoms with Crippen LogP contribution in [0.15, 0.2) is 24.3 Å². The second-order valence-corrected chi connectivity index (χ2v) is 7.67. The smallest absolute Gasteiger partial charge is 0.410 e. The van der Waals surface area contributed by atoms with Crippen LogP contribution in [0.25, 0.3) is 0 Å². The molecule has 2 aliphatic rings. The molecule has 24 heavy (non-hydrogen) atoms. The summed E-state index contributed by atoms with van der Waals surface area (Å²) in [5, 5.41) is 0. The van der Waals surface area contributed by atoms with E-state index in [9.17, 15) is 9.59 Å². The first-order chi connectivity index (χ1) is 11.3. The lowest BCUT2D eigenvalue weighted by molar-refractivity contribution is -0.135. The van der Waals surface area contributed by atoms with Crippen molar-refractivity contribution in [3.05, 3.63) is 35.4 Å². The van der Waals surface area contributed by atoms with Crippen molar-refractivity contribution in [3.63, 3.8) is 0 Å². The summed E-state index contributed by atoms with van der Waals surface area (Å²) in [5.41, 5.74) is 1.91. The summed E-state index contributed by atoms with van der Waals surface area (Å²) >= 11 is 0. The summed E-state index contributed by atoms with van der Waals surface area (Å²) in [4.78, 5) is 28.4. The minimum absolute atomic E-state index is 0.199. The zero-order valence-electron chi connectivity index (χ0n) is 14.7. The van der Waals surface area contributed by atoms with Gasteiger partial charge in [-0.15, -0.1) is 0 Å². The van der Waals surface area contributed by atoms with Gasteiger partial charge in [0.15, 0.2) is 0 Å². The Hall–Kier alpha value is -2.04. The first-order valence-electron chi connectivity index (χ1n) is 8.68. The van der Waals surface area contributed by atoms with Crippen LogP contribution in [0.2, 0.25) is 0 Å². The number of likely N-dealkylation sites (tertiary alicyclic amines) is 1. The van der Waals surface area contributed by atoms with Crippen LogP contribution in [0, 0.1) is 0 Å². The van der Waals surface area contributed by atoms with Crippen molar-refractivity contribution >= 4 is 12.0 Å². The summed E-state index contributed by atoms with van der Waals surface area (Å²) in [7, 11) is 0. The monoisotopic (exact) mass is 330 g/mol. The van der Waals surface area contributed by atoms with Crippen LogP contribution >= 0.6 is 0 Å². The van der Waals surface area contributed by atoms with E-state index in [1.54, 1.807) is 4.90 Å². The van der Waals surface area contributed by atoms with E-state index < -0.39 is 5.60 Å². The highest BCUT2D eigenvalue weighted by Crippen LogP contribution is 2.26. The lowest BCUT2D eigenvalue weighted by atomic mass is 9.95. The van der Waals surface area contributed by atoms with Gasteiger partial charge in [-0.05, 0) is 44.7 Å². The van der Waals surface area contributed by atoms with Crippen molar-refractivity contribution in [1.82, 2.24) is 9.80 Å². The van der Waals surface area contributed by atoms with Crippen molar-refractivity contribution in [2.75, 3.05) is 13.1 Å². The van der Waals surface area contributed by atoms with Gasteiger partial charge in [0.05, 0.1) is 6.42 Å². The Morgan fingerprint density at radius 2 is 1.75 bits per heavy atom. The minimum atomic E-state index is -0.472. The molecule has 0 aliphatic carbocycles. The van der Waals surface area contributed by atoms with Crippen LogP contribution in [-0.2, 0) is 22.5 Å². The van der Waals surface area contributed by atoms with Crippen LogP contribution in [0.1, 0.15) is 44.7 Å². The van der Waals surface area contributed by atoms with E-state index in [0.717, 1.165) is 18.4 Å². The van der Waals surface area contributed by atoms with Gasteiger partial charge >= 0.3 is 6.09 Å². The van der Waals surface area contributed by atoms with Crippen molar-refractivity contribution in [1.29, 1.82) is 0 Å². The van der Waals surface area contributed by atoms with Gasteiger partial charge in [-0.2, -0.15) is 0 Å². The Morgan fingerprint density at radius 3 is 2.38 bits per heavy atom.